The van der Waals surface area contributed by atoms with E-state index >= 15 is 0 Å². The largest absolute Gasteiger partial charge is 0.492 e. The molecule has 2 atom stereocenters. The second kappa shape index (κ2) is 13.6. The van der Waals surface area contributed by atoms with Gasteiger partial charge in [-0.2, -0.15) is 0 Å². The van der Waals surface area contributed by atoms with Gasteiger partial charge in [0, 0.05) is 23.7 Å². The van der Waals surface area contributed by atoms with Gasteiger partial charge in [0.05, 0.1) is 40.2 Å². The first-order valence-corrected chi connectivity index (χ1v) is 13.9. The monoisotopic (exact) mass is 604 g/mol. The van der Waals surface area contributed by atoms with Crippen LogP contribution < -0.4 is 10.1 Å². The lowest BCUT2D eigenvalue weighted by atomic mass is 9.79. The van der Waals surface area contributed by atoms with Crippen LogP contribution in [0.25, 0.3) is 22.5 Å². The molecule has 0 bridgehead atoms. The van der Waals surface area contributed by atoms with E-state index in [-0.39, 0.29) is 16.4 Å². The van der Waals surface area contributed by atoms with Gasteiger partial charge in [-0.25, -0.2) is 9.37 Å². The van der Waals surface area contributed by atoms with Crippen LogP contribution in [0.1, 0.15) is 44.6 Å². The average Bonchev–Trinajstić information content (AvgIpc) is 2.89. The Morgan fingerprint density at radius 1 is 1.10 bits per heavy atom. The number of aliphatic carboxylic acids is 1. The van der Waals surface area contributed by atoms with E-state index in [1.165, 1.54) is 6.07 Å². The number of pyridine rings is 2. The maximum atomic E-state index is 13.8. The lowest BCUT2D eigenvalue weighted by molar-refractivity contribution is -0.143. The number of aromatic nitrogens is 2. The third kappa shape index (κ3) is 8.38. The van der Waals surface area contributed by atoms with Crippen LogP contribution in [0.2, 0.25) is 10.0 Å². The number of nitrogens with one attached hydrogen (secondary N) is 1. The Labute approximate surface area is 249 Å². The van der Waals surface area contributed by atoms with Gasteiger partial charge in [-0.1, -0.05) is 50.0 Å². The molecule has 0 radical (unpaired) electrons. The van der Waals surface area contributed by atoms with Crippen LogP contribution >= 0.6 is 23.2 Å². The molecular formula is C30H35Cl2FN4O4. The van der Waals surface area contributed by atoms with Crippen molar-refractivity contribution < 1.29 is 23.8 Å². The van der Waals surface area contributed by atoms with E-state index in [4.69, 9.17) is 27.9 Å². The SMILES string of the molecule is CC(C(=O)O)[C@H](NC(=O)c1ccc(-c2ncc(F)cc2Cl)c(-c2ccc(Cl)c(OCCCN(C)C)c2)n1)C(C)(C)C. The molecule has 1 unspecified atom stereocenters. The number of rotatable bonds is 11. The lowest BCUT2D eigenvalue weighted by Gasteiger charge is -2.34. The maximum Gasteiger partial charge on any atom is 0.308 e. The summed E-state index contributed by atoms with van der Waals surface area (Å²) in [5.74, 6) is -2.57. The standard InChI is InChI=1S/C30H35Cl2FN4O4/c1-17(29(39)40)27(30(2,3)4)36-28(38)23-11-9-20(26-22(32)15-19(33)16-34-26)25(35-23)18-8-10-21(31)24(14-18)41-13-7-12-37(5)6/h8-11,14-17,27H,7,12-13H2,1-6H3,(H,36,38)(H,39,40)/t17?,27-/m0/s1. The molecule has 0 aliphatic rings. The predicted molar refractivity (Wildman–Crippen MR) is 159 cm³/mol. The van der Waals surface area contributed by atoms with E-state index in [0.29, 0.717) is 34.2 Å². The minimum atomic E-state index is -1.02. The van der Waals surface area contributed by atoms with E-state index < -0.39 is 35.1 Å². The normalized spacial score (nSPS) is 13.1. The van der Waals surface area contributed by atoms with Gasteiger partial charge >= 0.3 is 5.97 Å². The van der Waals surface area contributed by atoms with Crippen molar-refractivity contribution in [1.29, 1.82) is 0 Å². The van der Waals surface area contributed by atoms with Crippen molar-refractivity contribution >= 4 is 35.1 Å². The van der Waals surface area contributed by atoms with Crippen LogP contribution in [0.15, 0.2) is 42.6 Å². The summed E-state index contributed by atoms with van der Waals surface area (Å²) in [5.41, 5.74) is 1.15. The molecule has 0 spiro atoms. The molecule has 0 saturated carbocycles. The van der Waals surface area contributed by atoms with Crippen LogP contribution in [-0.2, 0) is 4.79 Å². The molecule has 0 fully saturated rings. The van der Waals surface area contributed by atoms with Crippen LogP contribution in [0.3, 0.4) is 0 Å². The lowest BCUT2D eigenvalue weighted by Crippen LogP contribution is -2.50. The zero-order valence-corrected chi connectivity index (χ0v) is 25.5. The summed E-state index contributed by atoms with van der Waals surface area (Å²) in [6.45, 7) is 8.40. The summed E-state index contributed by atoms with van der Waals surface area (Å²) in [5, 5.41) is 12.9. The summed E-state index contributed by atoms with van der Waals surface area (Å²) in [6.07, 6.45) is 1.83. The Hall–Kier alpha value is -3.27. The van der Waals surface area contributed by atoms with Gasteiger partial charge in [0.25, 0.3) is 5.91 Å². The third-order valence-corrected chi connectivity index (χ3v) is 7.11. The summed E-state index contributed by atoms with van der Waals surface area (Å²) >= 11 is 12.8. The second-order valence-electron chi connectivity index (χ2n) is 11.2. The number of halogens is 3. The summed E-state index contributed by atoms with van der Waals surface area (Å²) < 4.78 is 19.7. The molecule has 2 aromatic heterocycles. The van der Waals surface area contributed by atoms with Gasteiger partial charge in [-0.05, 0) is 63.2 Å². The minimum absolute atomic E-state index is 0.0530. The fourth-order valence-electron chi connectivity index (χ4n) is 4.38. The Morgan fingerprint density at radius 2 is 1.80 bits per heavy atom. The minimum Gasteiger partial charge on any atom is -0.492 e. The quantitative estimate of drug-likeness (QED) is 0.242. The molecule has 8 nitrogen and oxygen atoms in total. The highest BCUT2D eigenvalue weighted by molar-refractivity contribution is 6.33. The van der Waals surface area contributed by atoms with Crippen LogP contribution in [0.5, 0.6) is 5.75 Å². The first kappa shape index (κ1) is 32.2. The van der Waals surface area contributed by atoms with Crippen LogP contribution in [-0.4, -0.2) is 65.1 Å². The zero-order chi connectivity index (χ0) is 30.5. The van der Waals surface area contributed by atoms with E-state index in [1.807, 2.05) is 34.9 Å². The molecule has 2 N–H and O–H groups in total. The molecular weight excluding hydrogens is 570 g/mol. The second-order valence-corrected chi connectivity index (χ2v) is 12.0. The molecule has 3 rings (SSSR count). The van der Waals surface area contributed by atoms with Crippen molar-refractivity contribution in [2.24, 2.45) is 11.3 Å². The Balaban J connectivity index is 2.08. The summed E-state index contributed by atoms with van der Waals surface area (Å²) in [4.78, 5) is 36.0. The van der Waals surface area contributed by atoms with Gasteiger partial charge < -0.3 is 20.1 Å². The van der Waals surface area contributed by atoms with E-state index in [2.05, 4.69) is 20.2 Å². The van der Waals surface area contributed by atoms with Gasteiger partial charge in [-0.15, -0.1) is 0 Å². The number of nitrogens with zero attached hydrogens (tertiary/aromatic N) is 3. The third-order valence-electron chi connectivity index (χ3n) is 6.51. The number of carboxylic acid groups (broad SMARTS) is 1. The van der Waals surface area contributed by atoms with Crippen LogP contribution in [0.4, 0.5) is 4.39 Å². The van der Waals surface area contributed by atoms with Crippen molar-refractivity contribution in [1.82, 2.24) is 20.2 Å². The number of hydrogen-bond acceptors (Lipinski definition) is 6. The maximum absolute atomic E-state index is 13.8. The molecule has 11 heteroatoms. The topological polar surface area (TPSA) is 105 Å². The number of carbonyl (C=O) groups excluding carboxylic acids is 1. The highest BCUT2D eigenvalue weighted by atomic mass is 35.5. The van der Waals surface area contributed by atoms with E-state index in [0.717, 1.165) is 25.2 Å². The van der Waals surface area contributed by atoms with E-state index in [9.17, 15) is 19.1 Å². The van der Waals surface area contributed by atoms with Crippen molar-refractivity contribution in [2.45, 2.75) is 40.2 Å². The Morgan fingerprint density at radius 3 is 2.41 bits per heavy atom. The van der Waals surface area contributed by atoms with Gasteiger partial charge in [0.1, 0.15) is 17.3 Å². The molecule has 41 heavy (non-hydrogen) atoms. The zero-order valence-electron chi connectivity index (χ0n) is 24.0. The fourth-order valence-corrected chi connectivity index (χ4v) is 4.81. The van der Waals surface area contributed by atoms with Crippen molar-refractivity contribution in [3.8, 4) is 28.3 Å². The number of amides is 1. The Kier molecular flexibility index (Phi) is 10.7. The van der Waals surface area contributed by atoms with Crippen LogP contribution in [0, 0.1) is 17.2 Å². The number of ether oxygens (including phenoxy) is 1. The molecule has 1 amide bonds. The van der Waals surface area contributed by atoms with E-state index in [1.54, 1.807) is 31.2 Å². The number of benzene rings is 1. The molecule has 0 saturated heterocycles. The van der Waals surface area contributed by atoms with Crippen molar-refractivity contribution in [2.75, 3.05) is 27.2 Å². The van der Waals surface area contributed by atoms with Crippen molar-refractivity contribution in [3.63, 3.8) is 0 Å². The smallest absolute Gasteiger partial charge is 0.308 e. The average molecular weight is 606 g/mol. The van der Waals surface area contributed by atoms with Gasteiger partial charge in [0.2, 0.25) is 0 Å². The highest BCUT2D eigenvalue weighted by Gasteiger charge is 2.35. The molecule has 0 aliphatic heterocycles. The summed E-state index contributed by atoms with van der Waals surface area (Å²) in [6, 6.07) is 8.70. The number of hydrogen-bond donors (Lipinski definition) is 2. The number of carboxylic acids is 1. The first-order chi connectivity index (χ1) is 19.2. The predicted octanol–water partition coefficient (Wildman–Crippen LogP) is 6.45. The Bertz CT molecular complexity index is 1410. The first-order valence-electron chi connectivity index (χ1n) is 13.1. The molecule has 1 aromatic carbocycles. The van der Waals surface area contributed by atoms with Crippen molar-refractivity contribution in [3.05, 3.63) is 64.2 Å². The van der Waals surface area contributed by atoms with Gasteiger partial charge in [-0.3, -0.25) is 14.6 Å². The molecule has 220 valence electrons. The van der Waals surface area contributed by atoms with Gasteiger partial charge in [0.15, 0.2) is 0 Å². The molecule has 0 aliphatic carbocycles. The number of carbonyl (C=O) groups is 2. The fraction of sp³-hybridized carbons (Fsp3) is 0.400. The summed E-state index contributed by atoms with van der Waals surface area (Å²) in [7, 11) is 3.95. The molecule has 3 aromatic rings. The molecule has 2 heterocycles. The highest BCUT2D eigenvalue weighted by Crippen LogP contribution is 2.37.